The van der Waals surface area contributed by atoms with Crippen molar-refractivity contribution in [3.63, 3.8) is 0 Å². The van der Waals surface area contributed by atoms with Gasteiger partial charge in [0.2, 0.25) is 0 Å². The molecule has 1 heterocycles. The second-order valence-electron chi connectivity index (χ2n) is 2.66. The molecule has 1 aliphatic rings. The molecule has 0 unspecified atom stereocenters. The molecule has 3 heteroatoms. The van der Waals surface area contributed by atoms with Crippen molar-refractivity contribution in [1.82, 2.24) is 0 Å². The van der Waals surface area contributed by atoms with Crippen LogP contribution in [0.25, 0.3) is 0 Å². The van der Waals surface area contributed by atoms with E-state index >= 15 is 0 Å². The largest absolute Gasteiger partial charge is 0.462 e. The highest BCUT2D eigenvalue weighted by molar-refractivity contribution is 5.86. The summed E-state index contributed by atoms with van der Waals surface area (Å²) in [6.45, 7) is 6.35. The van der Waals surface area contributed by atoms with E-state index in [1.165, 1.54) is 0 Å². The van der Waals surface area contributed by atoms with E-state index in [9.17, 15) is 4.79 Å². The second-order valence-corrected chi connectivity index (χ2v) is 2.66. The normalized spacial score (nSPS) is 21.0. The maximum atomic E-state index is 10.8. The highest BCUT2D eigenvalue weighted by Gasteiger charge is 2.22. The van der Waals surface area contributed by atoms with E-state index in [1.54, 1.807) is 6.92 Å². The number of carbonyl (C=O) groups is 1. The van der Waals surface area contributed by atoms with Crippen LogP contribution in [0.3, 0.4) is 0 Å². The van der Waals surface area contributed by atoms with Gasteiger partial charge in [0.15, 0.2) is 0 Å². The summed E-state index contributed by atoms with van der Waals surface area (Å²) in [5, 5.41) is 0. The standard InChI is InChI=1S/C8H12O3/c1-6(2)8(9)10-4-3-7-5-11-7/h7H,1,3-5H2,2H3/t7-/m0/s1. The third kappa shape index (κ3) is 3.18. The zero-order valence-corrected chi connectivity index (χ0v) is 6.63. The fraction of sp³-hybridized carbons (Fsp3) is 0.625. The first-order valence-corrected chi connectivity index (χ1v) is 3.64. The van der Waals surface area contributed by atoms with E-state index in [1.807, 2.05) is 0 Å². The Morgan fingerprint density at radius 3 is 2.91 bits per heavy atom. The van der Waals surface area contributed by atoms with Crippen molar-refractivity contribution in [3.05, 3.63) is 12.2 Å². The van der Waals surface area contributed by atoms with Gasteiger partial charge in [0.05, 0.1) is 19.3 Å². The maximum Gasteiger partial charge on any atom is 0.333 e. The topological polar surface area (TPSA) is 38.8 Å². The minimum Gasteiger partial charge on any atom is -0.462 e. The molecule has 1 aliphatic heterocycles. The van der Waals surface area contributed by atoms with Crippen molar-refractivity contribution in [3.8, 4) is 0 Å². The van der Waals surface area contributed by atoms with Crippen molar-refractivity contribution in [2.24, 2.45) is 0 Å². The van der Waals surface area contributed by atoms with Crippen LogP contribution in [-0.2, 0) is 14.3 Å². The fourth-order valence-corrected chi connectivity index (χ4v) is 0.641. The monoisotopic (exact) mass is 156 g/mol. The molecule has 0 radical (unpaired) electrons. The highest BCUT2D eigenvalue weighted by atomic mass is 16.6. The lowest BCUT2D eigenvalue weighted by Gasteiger charge is -2.01. The number of epoxide rings is 1. The molecule has 0 bridgehead atoms. The van der Waals surface area contributed by atoms with Crippen molar-refractivity contribution >= 4 is 5.97 Å². The Hall–Kier alpha value is -0.830. The Labute approximate surface area is 66.0 Å². The molecule has 1 rings (SSSR count). The summed E-state index contributed by atoms with van der Waals surface area (Å²) < 4.78 is 9.77. The molecule has 1 saturated heterocycles. The number of hydrogen-bond donors (Lipinski definition) is 0. The first-order chi connectivity index (χ1) is 5.20. The molecule has 0 saturated carbocycles. The van der Waals surface area contributed by atoms with Gasteiger partial charge in [-0.3, -0.25) is 0 Å². The summed E-state index contributed by atoms with van der Waals surface area (Å²) in [6.07, 6.45) is 1.13. The third-order valence-corrected chi connectivity index (χ3v) is 1.42. The van der Waals surface area contributed by atoms with Gasteiger partial charge < -0.3 is 9.47 Å². The quantitative estimate of drug-likeness (QED) is 0.345. The summed E-state index contributed by atoms with van der Waals surface area (Å²) in [5.74, 6) is -0.314. The van der Waals surface area contributed by atoms with E-state index in [4.69, 9.17) is 9.47 Å². The van der Waals surface area contributed by atoms with Crippen LogP contribution in [0.4, 0.5) is 0 Å². The van der Waals surface area contributed by atoms with E-state index in [2.05, 4.69) is 6.58 Å². The minimum atomic E-state index is -0.314. The lowest BCUT2D eigenvalue weighted by atomic mass is 10.3. The minimum absolute atomic E-state index is 0.314. The van der Waals surface area contributed by atoms with Gasteiger partial charge in [-0.05, 0) is 6.92 Å². The molecule has 0 aromatic heterocycles. The molecular formula is C8H12O3. The van der Waals surface area contributed by atoms with E-state index in [-0.39, 0.29) is 5.97 Å². The summed E-state index contributed by atoms with van der Waals surface area (Å²) in [5.41, 5.74) is 0.446. The summed E-state index contributed by atoms with van der Waals surface area (Å²) >= 11 is 0. The first-order valence-electron chi connectivity index (χ1n) is 3.64. The van der Waals surface area contributed by atoms with Crippen LogP contribution in [0.15, 0.2) is 12.2 Å². The Bertz CT molecular complexity index is 170. The Balaban J connectivity index is 2.01. The molecule has 0 aromatic carbocycles. The number of ether oxygens (including phenoxy) is 2. The zero-order chi connectivity index (χ0) is 8.27. The van der Waals surface area contributed by atoms with E-state index < -0.39 is 0 Å². The predicted octanol–water partition coefficient (Wildman–Crippen LogP) is 0.895. The van der Waals surface area contributed by atoms with Crippen molar-refractivity contribution in [1.29, 1.82) is 0 Å². The van der Waals surface area contributed by atoms with Crippen LogP contribution in [0.1, 0.15) is 13.3 Å². The SMILES string of the molecule is C=C(C)C(=O)OCC[C@H]1CO1. The van der Waals surface area contributed by atoms with Gasteiger partial charge in [-0.15, -0.1) is 0 Å². The number of carbonyl (C=O) groups excluding carboxylic acids is 1. The van der Waals surface area contributed by atoms with Gasteiger partial charge >= 0.3 is 5.97 Å². The summed E-state index contributed by atoms with van der Waals surface area (Å²) in [6, 6.07) is 0. The number of hydrogen-bond acceptors (Lipinski definition) is 3. The maximum absolute atomic E-state index is 10.8. The Morgan fingerprint density at radius 1 is 1.82 bits per heavy atom. The Morgan fingerprint density at radius 2 is 2.45 bits per heavy atom. The van der Waals surface area contributed by atoms with Gasteiger partial charge in [-0.1, -0.05) is 6.58 Å². The van der Waals surface area contributed by atoms with E-state index in [0.717, 1.165) is 13.0 Å². The van der Waals surface area contributed by atoms with Crippen LogP contribution in [0, 0.1) is 0 Å². The molecule has 3 nitrogen and oxygen atoms in total. The number of rotatable bonds is 4. The zero-order valence-electron chi connectivity index (χ0n) is 6.63. The van der Waals surface area contributed by atoms with Crippen LogP contribution >= 0.6 is 0 Å². The molecule has 0 aromatic rings. The molecule has 0 N–H and O–H groups in total. The van der Waals surface area contributed by atoms with Crippen molar-refractivity contribution in [2.75, 3.05) is 13.2 Å². The third-order valence-electron chi connectivity index (χ3n) is 1.42. The van der Waals surface area contributed by atoms with Gasteiger partial charge in [-0.25, -0.2) is 4.79 Å². The first kappa shape index (κ1) is 8.27. The smallest absolute Gasteiger partial charge is 0.333 e. The van der Waals surface area contributed by atoms with Gasteiger partial charge in [0.25, 0.3) is 0 Å². The van der Waals surface area contributed by atoms with Crippen molar-refractivity contribution in [2.45, 2.75) is 19.4 Å². The van der Waals surface area contributed by atoms with Crippen LogP contribution in [0.2, 0.25) is 0 Å². The molecule has 0 aliphatic carbocycles. The molecular weight excluding hydrogens is 144 g/mol. The molecule has 1 fully saturated rings. The molecule has 1 atom stereocenters. The molecule has 0 spiro atoms. The fourth-order valence-electron chi connectivity index (χ4n) is 0.641. The average molecular weight is 156 g/mol. The average Bonchev–Trinajstić information content (AvgIpc) is 2.71. The lowest BCUT2D eigenvalue weighted by Crippen LogP contribution is -2.07. The number of esters is 1. The lowest BCUT2D eigenvalue weighted by molar-refractivity contribution is -0.139. The van der Waals surface area contributed by atoms with Gasteiger partial charge in [0, 0.05) is 12.0 Å². The molecule has 0 amide bonds. The highest BCUT2D eigenvalue weighted by Crippen LogP contribution is 2.12. The molecule has 62 valence electrons. The van der Waals surface area contributed by atoms with Gasteiger partial charge in [-0.2, -0.15) is 0 Å². The van der Waals surface area contributed by atoms with Crippen LogP contribution in [0.5, 0.6) is 0 Å². The second kappa shape index (κ2) is 3.53. The molecule has 11 heavy (non-hydrogen) atoms. The van der Waals surface area contributed by atoms with Crippen molar-refractivity contribution < 1.29 is 14.3 Å². The van der Waals surface area contributed by atoms with Gasteiger partial charge in [0.1, 0.15) is 0 Å². The Kier molecular flexibility index (Phi) is 2.65. The van der Waals surface area contributed by atoms with Crippen LogP contribution in [-0.4, -0.2) is 25.3 Å². The van der Waals surface area contributed by atoms with E-state index in [0.29, 0.717) is 18.3 Å². The predicted molar refractivity (Wildman–Crippen MR) is 40.1 cm³/mol. The van der Waals surface area contributed by atoms with Crippen LogP contribution < -0.4 is 0 Å². The summed E-state index contributed by atoms with van der Waals surface area (Å²) in [4.78, 5) is 10.8. The summed E-state index contributed by atoms with van der Waals surface area (Å²) in [7, 11) is 0.